The van der Waals surface area contributed by atoms with Gasteiger partial charge in [0.05, 0.1) is 0 Å². The summed E-state index contributed by atoms with van der Waals surface area (Å²) in [5, 5.41) is 6.99. The highest BCUT2D eigenvalue weighted by Gasteiger charge is 2.32. The van der Waals surface area contributed by atoms with Gasteiger partial charge in [-0.15, -0.1) is 24.0 Å². The molecule has 2 heterocycles. The van der Waals surface area contributed by atoms with Gasteiger partial charge in [0.2, 0.25) is 5.91 Å². The summed E-state index contributed by atoms with van der Waals surface area (Å²) in [4.78, 5) is 19.2. The van der Waals surface area contributed by atoms with Crippen molar-refractivity contribution in [1.82, 2.24) is 15.5 Å². The number of amides is 1. The number of likely N-dealkylation sites (tertiary alicyclic amines) is 1. The van der Waals surface area contributed by atoms with E-state index in [4.69, 9.17) is 9.47 Å². The Morgan fingerprint density at radius 3 is 2.59 bits per heavy atom. The van der Waals surface area contributed by atoms with Crippen LogP contribution in [0.5, 0.6) is 11.5 Å². The van der Waals surface area contributed by atoms with Crippen LogP contribution in [0.1, 0.15) is 51.5 Å². The lowest BCUT2D eigenvalue weighted by Gasteiger charge is -2.29. The number of rotatable bonds is 5. The number of carbonyl (C=O) groups excluding carboxylic acids is 1. The fourth-order valence-electron chi connectivity index (χ4n) is 4.77. The van der Waals surface area contributed by atoms with Crippen molar-refractivity contribution in [3.8, 4) is 11.5 Å². The molecular formula is C24H37IN4O3. The van der Waals surface area contributed by atoms with Crippen LogP contribution in [0.4, 0.5) is 0 Å². The lowest BCUT2D eigenvalue weighted by atomic mass is 9.84. The molecule has 32 heavy (non-hydrogen) atoms. The SMILES string of the molecule is CN=C(NCC(C)(C)c1ccc2c(c1)OCCO2)NC1CCN(C(=O)C2CCCC2)C1.I. The number of guanidine groups is 1. The predicted molar refractivity (Wildman–Crippen MR) is 137 cm³/mol. The molecular weight excluding hydrogens is 519 g/mol. The van der Waals surface area contributed by atoms with E-state index >= 15 is 0 Å². The van der Waals surface area contributed by atoms with Crippen molar-refractivity contribution in [1.29, 1.82) is 0 Å². The predicted octanol–water partition coefficient (Wildman–Crippen LogP) is 3.31. The lowest BCUT2D eigenvalue weighted by Crippen LogP contribution is -2.48. The molecule has 1 amide bonds. The van der Waals surface area contributed by atoms with Crippen molar-refractivity contribution in [2.45, 2.75) is 57.4 Å². The number of fused-ring (bicyclic) bond motifs is 1. The zero-order valence-electron chi connectivity index (χ0n) is 19.5. The molecule has 0 spiro atoms. The van der Waals surface area contributed by atoms with Crippen LogP contribution in [0.3, 0.4) is 0 Å². The van der Waals surface area contributed by atoms with Crippen molar-refractivity contribution in [3.05, 3.63) is 23.8 Å². The maximum atomic E-state index is 12.7. The molecule has 1 aromatic rings. The smallest absolute Gasteiger partial charge is 0.225 e. The van der Waals surface area contributed by atoms with Crippen LogP contribution in [0.25, 0.3) is 0 Å². The number of benzene rings is 1. The van der Waals surface area contributed by atoms with Gasteiger partial charge in [0, 0.05) is 44.1 Å². The van der Waals surface area contributed by atoms with E-state index in [1.807, 2.05) is 11.0 Å². The first-order valence-corrected chi connectivity index (χ1v) is 11.6. The monoisotopic (exact) mass is 556 g/mol. The second kappa shape index (κ2) is 10.9. The van der Waals surface area contributed by atoms with Crippen molar-refractivity contribution in [2.75, 3.05) is 39.9 Å². The van der Waals surface area contributed by atoms with Crippen LogP contribution in [-0.2, 0) is 10.2 Å². The van der Waals surface area contributed by atoms with Crippen LogP contribution < -0.4 is 20.1 Å². The van der Waals surface area contributed by atoms with Gasteiger partial charge >= 0.3 is 0 Å². The Bertz CT molecular complexity index is 823. The number of nitrogens with one attached hydrogen (secondary N) is 2. The third-order valence-electron chi connectivity index (χ3n) is 6.79. The minimum absolute atomic E-state index is 0. The largest absolute Gasteiger partial charge is 0.486 e. The topological polar surface area (TPSA) is 75.2 Å². The minimum Gasteiger partial charge on any atom is -0.486 e. The number of ether oxygens (including phenoxy) is 2. The van der Waals surface area contributed by atoms with Gasteiger partial charge in [-0.2, -0.15) is 0 Å². The first kappa shape index (κ1) is 24.9. The quantitative estimate of drug-likeness (QED) is 0.331. The summed E-state index contributed by atoms with van der Waals surface area (Å²) in [7, 11) is 1.79. The average molecular weight is 556 g/mol. The van der Waals surface area contributed by atoms with Crippen LogP contribution in [0, 0.1) is 5.92 Å². The highest BCUT2D eigenvalue weighted by molar-refractivity contribution is 14.0. The van der Waals surface area contributed by atoms with Gasteiger partial charge < -0.3 is 25.0 Å². The fraction of sp³-hybridized carbons (Fsp3) is 0.667. The highest BCUT2D eigenvalue weighted by atomic mass is 127. The average Bonchev–Trinajstić information content (AvgIpc) is 3.48. The van der Waals surface area contributed by atoms with E-state index < -0.39 is 0 Å². The van der Waals surface area contributed by atoms with E-state index in [0.29, 0.717) is 19.1 Å². The van der Waals surface area contributed by atoms with E-state index in [1.54, 1.807) is 7.05 Å². The number of carbonyl (C=O) groups is 1. The highest BCUT2D eigenvalue weighted by Crippen LogP contribution is 2.35. The Labute approximate surface area is 208 Å². The van der Waals surface area contributed by atoms with Gasteiger partial charge in [-0.25, -0.2) is 0 Å². The number of nitrogens with zero attached hydrogens (tertiary/aromatic N) is 2. The van der Waals surface area contributed by atoms with Crippen molar-refractivity contribution in [3.63, 3.8) is 0 Å². The van der Waals surface area contributed by atoms with Crippen LogP contribution in [-0.4, -0.2) is 62.7 Å². The zero-order valence-corrected chi connectivity index (χ0v) is 21.8. The second-order valence-corrected chi connectivity index (χ2v) is 9.56. The van der Waals surface area contributed by atoms with Crippen molar-refractivity contribution >= 4 is 35.8 Å². The van der Waals surface area contributed by atoms with E-state index in [-0.39, 0.29) is 41.4 Å². The van der Waals surface area contributed by atoms with Crippen LogP contribution in [0.2, 0.25) is 0 Å². The molecule has 8 heteroatoms. The third-order valence-corrected chi connectivity index (χ3v) is 6.79. The van der Waals surface area contributed by atoms with Gasteiger partial charge in [-0.3, -0.25) is 9.79 Å². The van der Waals surface area contributed by atoms with E-state index in [1.165, 1.54) is 18.4 Å². The molecule has 1 saturated heterocycles. The summed E-state index contributed by atoms with van der Waals surface area (Å²) >= 11 is 0. The molecule has 3 aliphatic rings. The molecule has 1 aliphatic carbocycles. The Morgan fingerprint density at radius 1 is 1.16 bits per heavy atom. The second-order valence-electron chi connectivity index (χ2n) is 9.56. The van der Waals surface area contributed by atoms with Gasteiger partial charge in [0.25, 0.3) is 0 Å². The third kappa shape index (κ3) is 5.80. The molecule has 1 atom stereocenters. The molecule has 0 bridgehead atoms. The van der Waals surface area contributed by atoms with Crippen molar-refractivity contribution < 1.29 is 14.3 Å². The molecule has 2 fully saturated rings. The van der Waals surface area contributed by atoms with Gasteiger partial charge in [-0.1, -0.05) is 32.8 Å². The van der Waals surface area contributed by atoms with E-state index in [2.05, 4.69) is 41.6 Å². The summed E-state index contributed by atoms with van der Waals surface area (Å²) < 4.78 is 11.4. The number of hydrogen-bond acceptors (Lipinski definition) is 4. The van der Waals surface area contributed by atoms with Crippen LogP contribution >= 0.6 is 24.0 Å². The molecule has 1 aromatic carbocycles. The van der Waals surface area contributed by atoms with Crippen molar-refractivity contribution in [2.24, 2.45) is 10.9 Å². The van der Waals surface area contributed by atoms with Gasteiger partial charge in [0.1, 0.15) is 13.2 Å². The van der Waals surface area contributed by atoms with E-state index in [0.717, 1.165) is 56.4 Å². The summed E-state index contributed by atoms with van der Waals surface area (Å²) in [6.07, 6.45) is 5.48. The normalized spacial score (nSPS) is 21.3. The number of halogens is 1. The maximum absolute atomic E-state index is 12.7. The Kier molecular flexibility index (Phi) is 8.52. The molecule has 7 nitrogen and oxygen atoms in total. The van der Waals surface area contributed by atoms with Gasteiger partial charge in [-0.05, 0) is 37.0 Å². The zero-order chi connectivity index (χ0) is 21.8. The summed E-state index contributed by atoms with van der Waals surface area (Å²) in [6.45, 7) is 7.93. The number of aliphatic imine (C=N–C) groups is 1. The molecule has 1 saturated carbocycles. The summed E-state index contributed by atoms with van der Waals surface area (Å²) in [5.41, 5.74) is 1.07. The van der Waals surface area contributed by atoms with Crippen LogP contribution in [0.15, 0.2) is 23.2 Å². The minimum atomic E-state index is -0.117. The van der Waals surface area contributed by atoms with Gasteiger partial charge in [0.15, 0.2) is 17.5 Å². The molecule has 0 aromatic heterocycles. The molecule has 4 rings (SSSR count). The summed E-state index contributed by atoms with van der Waals surface area (Å²) in [5.74, 6) is 3.02. The lowest BCUT2D eigenvalue weighted by molar-refractivity contribution is -0.134. The Hall–Kier alpha value is -1.71. The fourth-order valence-corrected chi connectivity index (χ4v) is 4.77. The summed E-state index contributed by atoms with van der Waals surface area (Å²) in [6, 6.07) is 6.42. The first-order chi connectivity index (χ1) is 15.0. The molecule has 178 valence electrons. The first-order valence-electron chi connectivity index (χ1n) is 11.6. The maximum Gasteiger partial charge on any atom is 0.225 e. The van der Waals surface area contributed by atoms with E-state index in [9.17, 15) is 4.79 Å². The Morgan fingerprint density at radius 2 is 1.88 bits per heavy atom. The molecule has 0 radical (unpaired) electrons. The molecule has 1 unspecified atom stereocenters. The standard InChI is InChI=1S/C24H36N4O3.HI/c1-24(2,18-8-9-20-21(14-18)31-13-12-30-20)16-26-23(25-3)27-19-10-11-28(15-19)22(29)17-6-4-5-7-17;/h8-9,14,17,19H,4-7,10-13,15-16H2,1-3H3,(H2,25,26,27);1H. The Balaban J connectivity index is 0.00000289. The molecule has 2 aliphatic heterocycles. The number of hydrogen-bond donors (Lipinski definition) is 2. The molecule has 2 N–H and O–H groups in total.